The highest BCUT2D eigenvalue weighted by atomic mass is 16.5. The molecule has 5 nitrogen and oxygen atoms in total. The summed E-state index contributed by atoms with van der Waals surface area (Å²) in [4.78, 5) is 18.9. The number of H-pyrrole nitrogens is 1. The number of imidazole rings is 1. The molecule has 2 aromatic rings. The van der Waals surface area contributed by atoms with E-state index in [1.54, 1.807) is 25.6 Å². The van der Waals surface area contributed by atoms with Gasteiger partial charge in [-0.1, -0.05) is 18.2 Å². The maximum Gasteiger partial charge on any atom is 0.244 e. The Kier molecular flexibility index (Phi) is 5.58. The van der Waals surface area contributed by atoms with Crippen LogP contribution < -0.4 is 10.1 Å². The van der Waals surface area contributed by atoms with Gasteiger partial charge in [0, 0.05) is 37.0 Å². The fourth-order valence-corrected chi connectivity index (χ4v) is 1.93. The van der Waals surface area contributed by atoms with Crippen LogP contribution in [-0.4, -0.2) is 29.5 Å². The molecule has 0 bridgehead atoms. The molecule has 1 heterocycles. The number of nitrogens with zero attached hydrogens (tertiary/aromatic N) is 1. The van der Waals surface area contributed by atoms with Crippen LogP contribution in [0.5, 0.6) is 5.75 Å². The minimum Gasteiger partial charge on any atom is -0.496 e. The first kappa shape index (κ1) is 14.8. The van der Waals surface area contributed by atoms with Gasteiger partial charge in [-0.3, -0.25) is 4.79 Å². The summed E-state index contributed by atoms with van der Waals surface area (Å²) < 4.78 is 5.22. The lowest BCUT2D eigenvalue weighted by atomic mass is 10.2. The van der Waals surface area contributed by atoms with Crippen LogP contribution in [0.3, 0.4) is 0 Å². The third kappa shape index (κ3) is 4.80. The maximum absolute atomic E-state index is 11.7. The topological polar surface area (TPSA) is 67.0 Å². The van der Waals surface area contributed by atoms with Crippen molar-refractivity contribution < 1.29 is 9.53 Å². The molecule has 1 aromatic carbocycles. The first-order valence-electron chi connectivity index (χ1n) is 6.87. The van der Waals surface area contributed by atoms with E-state index in [0.717, 1.165) is 30.0 Å². The van der Waals surface area contributed by atoms with Crippen LogP contribution in [0.2, 0.25) is 0 Å². The van der Waals surface area contributed by atoms with Gasteiger partial charge in [-0.05, 0) is 18.6 Å². The van der Waals surface area contributed by atoms with Gasteiger partial charge in [-0.15, -0.1) is 0 Å². The van der Waals surface area contributed by atoms with E-state index in [1.807, 2.05) is 24.3 Å². The average Bonchev–Trinajstić information content (AvgIpc) is 3.03. The van der Waals surface area contributed by atoms with Crippen LogP contribution in [0.25, 0.3) is 6.08 Å². The van der Waals surface area contributed by atoms with Crippen LogP contribution in [0.15, 0.2) is 42.7 Å². The van der Waals surface area contributed by atoms with Crippen molar-refractivity contribution in [3.05, 3.63) is 54.1 Å². The molecule has 0 spiro atoms. The maximum atomic E-state index is 11.7. The van der Waals surface area contributed by atoms with E-state index in [1.165, 1.54) is 6.08 Å². The van der Waals surface area contributed by atoms with Crippen molar-refractivity contribution in [3.8, 4) is 5.75 Å². The number of aryl methyl sites for hydroxylation is 1. The number of benzene rings is 1. The molecule has 0 aliphatic carbocycles. The van der Waals surface area contributed by atoms with Crippen LogP contribution in [0, 0.1) is 0 Å². The molecular weight excluding hydrogens is 266 g/mol. The number of carbonyl (C=O) groups is 1. The van der Waals surface area contributed by atoms with Gasteiger partial charge in [0.05, 0.1) is 7.11 Å². The number of carbonyl (C=O) groups excluding carboxylic acids is 1. The van der Waals surface area contributed by atoms with Gasteiger partial charge in [0.25, 0.3) is 0 Å². The Labute approximate surface area is 124 Å². The number of nitrogens with one attached hydrogen (secondary N) is 2. The lowest BCUT2D eigenvalue weighted by Crippen LogP contribution is -2.22. The van der Waals surface area contributed by atoms with Gasteiger partial charge in [0.15, 0.2) is 0 Å². The third-order valence-corrected chi connectivity index (χ3v) is 3.00. The summed E-state index contributed by atoms with van der Waals surface area (Å²) >= 11 is 0. The van der Waals surface area contributed by atoms with Gasteiger partial charge in [0.1, 0.15) is 11.6 Å². The summed E-state index contributed by atoms with van der Waals surface area (Å²) in [6.45, 7) is 0.621. The van der Waals surface area contributed by atoms with Crippen molar-refractivity contribution in [2.45, 2.75) is 12.8 Å². The van der Waals surface area contributed by atoms with Gasteiger partial charge in [0.2, 0.25) is 5.91 Å². The van der Waals surface area contributed by atoms with Crippen molar-refractivity contribution in [1.82, 2.24) is 15.3 Å². The summed E-state index contributed by atoms with van der Waals surface area (Å²) in [5, 5.41) is 2.84. The summed E-state index contributed by atoms with van der Waals surface area (Å²) in [6, 6.07) is 7.56. The molecule has 2 N–H and O–H groups in total. The van der Waals surface area contributed by atoms with Crippen molar-refractivity contribution in [2.75, 3.05) is 13.7 Å². The highest BCUT2D eigenvalue weighted by Gasteiger charge is 2.00. The molecule has 1 amide bonds. The van der Waals surface area contributed by atoms with Crippen LogP contribution in [0.4, 0.5) is 0 Å². The van der Waals surface area contributed by atoms with Crippen LogP contribution in [0.1, 0.15) is 17.8 Å². The molecule has 0 unspecified atom stereocenters. The number of amides is 1. The number of para-hydroxylation sites is 1. The van der Waals surface area contributed by atoms with E-state index in [4.69, 9.17) is 4.74 Å². The Morgan fingerprint density at radius 3 is 3.05 bits per heavy atom. The summed E-state index contributed by atoms with van der Waals surface area (Å²) in [7, 11) is 1.61. The number of hydrogen-bond acceptors (Lipinski definition) is 3. The highest BCUT2D eigenvalue weighted by molar-refractivity contribution is 5.92. The Morgan fingerprint density at radius 1 is 1.43 bits per heavy atom. The molecule has 0 saturated heterocycles. The molecule has 0 saturated carbocycles. The predicted molar refractivity (Wildman–Crippen MR) is 81.9 cm³/mol. The van der Waals surface area contributed by atoms with Crippen molar-refractivity contribution in [1.29, 1.82) is 0 Å². The molecule has 0 radical (unpaired) electrons. The van der Waals surface area contributed by atoms with Gasteiger partial charge in [-0.25, -0.2) is 4.98 Å². The second kappa shape index (κ2) is 7.89. The van der Waals surface area contributed by atoms with Crippen molar-refractivity contribution >= 4 is 12.0 Å². The molecule has 0 aliphatic heterocycles. The van der Waals surface area contributed by atoms with E-state index in [0.29, 0.717) is 6.54 Å². The number of rotatable bonds is 7. The lowest BCUT2D eigenvalue weighted by molar-refractivity contribution is -0.116. The molecule has 110 valence electrons. The van der Waals surface area contributed by atoms with E-state index < -0.39 is 0 Å². The van der Waals surface area contributed by atoms with E-state index in [-0.39, 0.29) is 5.91 Å². The number of aromatic amines is 1. The van der Waals surface area contributed by atoms with E-state index >= 15 is 0 Å². The monoisotopic (exact) mass is 285 g/mol. The first-order valence-corrected chi connectivity index (χ1v) is 6.87. The molecule has 0 fully saturated rings. The number of aromatic nitrogens is 2. The first-order chi connectivity index (χ1) is 10.3. The quantitative estimate of drug-likeness (QED) is 0.605. The Morgan fingerprint density at radius 2 is 2.29 bits per heavy atom. The molecular formula is C16H19N3O2. The van der Waals surface area contributed by atoms with Gasteiger partial charge >= 0.3 is 0 Å². The third-order valence-electron chi connectivity index (χ3n) is 3.00. The van der Waals surface area contributed by atoms with E-state index in [2.05, 4.69) is 15.3 Å². The fraction of sp³-hybridized carbons (Fsp3) is 0.250. The Hall–Kier alpha value is -2.56. The van der Waals surface area contributed by atoms with Gasteiger partial charge < -0.3 is 15.0 Å². The number of hydrogen-bond donors (Lipinski definition) is 2. The van der Waals surface area contributed by atoms with E-state index in [9.17, 15) is 4.79 Å². The smallest absolute Gasteiger partial charge is 0.244 e. The normalized spacial score (nSPS) is 10.7. The zero-order chi connectivity index (χ0) is 14.9. The molecule has 21 heavy (non-hydrogen) atoms. The zero-order valence-corrected chi connectivity index (χ0v) is 12.0. The fourth-order valence-electron chi connectivity index (χ4n) is 1.93. The summed E-state index contributed by atoms with van der Waals surface area (Å²) in [5.74, 6) is 1.58. The zero-order valence-electron chi connectivity index (χ0n) is 12.0. The lowest BCUT2D eigenvalue weighted by Gasteiger charge is -2.04. The molecule has 0 atom stereocenters. The highest BCUT2D eigenvalue weighted by Crippen LogP contribution is 2.18. The molecule has 0 aliphatic rings. The minimum atomic E-state index is -0.111. The minimum absolute atomic E-state index is 0.111. The molecule has 2 rings (SSSR count). The summed E-state index contributed by atoms with van der Waals surface area (Å²) in [5.41, 5.74) is 0.880. The molecule has 1 aromatic heterocycles. The second-order valence-corrected chi connectivity index (χ2v) is 4.51. The Balaban J connectivity index is 1.75. The summed E-state index contributed by atoms with van der Waals surface area (Å²) in [6.07, 6.45) is 8.46. The number of ether oxygens (including phenoxy) is 1. The average molecular weight is 285 g/mol. The largest absolute Gasteiger partial charge is 0.496 e. The Bertz CT molecular complexity index is 591. The SMILES string of the molecule is COc1ccccc1/C=C/C(=O)NCCCc1ncc[nH]1. The number of methoxy groups -OCH3 is 1. The molecule has 5 heteroatoms. The van der Waals surface area contributed by atoms with Crippen LogP contribution >= 0.6 is 0 Å². The second-order valence-electron chi connectivity index (χ2n) is 4.51. The van der Waals surface area contributed by atoms with Crippen LogP contribution in [-0.2, 0) is 11.2 Å². The predicted octanol–water partition coefficient (Wildman–Crippen LogP) is 2.18. The standard InChI is InChI=1S/C16H19N3O2/c1-21-14-6-3-2-5-13(14)8-9-16(20)19-10-4-7-15-17-11-12-18-15/h2-3,5-6,8-9,11-12H,4,7,10H2,1H3,(H,17,18)(H,19,20)/b9-8+. The van der Waals surface area contributed by atoms with Crippen molar-refractivity contribution in [3.63, 3.8) is 0 Å². The van der Waals surface area contributed by atoms with Gasteiger partial charge in [-0.2, -0.15) is 0 Å². The van der Waals surface area contributed by atoms with Crippen molar-refractivity contribution in [2.24, 2.45) is 0 Å².